The summed E-state index contributed by atoms with van der Waals surface area (Å²) in [5.41, 5.74) is 2.67. The molecular weight excluding hydrogens is 340 g/mol. The van der Waals surface area contributed by atoms with E-state index < -0.39 is 0 Å². The maximum atomic E-state index is 12.2. The molecule has 0 saturated heterocycles. The number of rotatable bonds is 4. The standard InChI is InChI=1S/C17H18N4OS2/c1-11-7-8-19-17(20-11)23-10-15(22)21-16-13(9-18)12-5-3-2-4-6-14(12)24-16/h7-8H,2-6,10H2,1H3,(H,21,22). The largest absolute Gasteiger partial charge is 0.316 e. The molecule has 0 aromatic carbocycles. The summed E-state index contributed by atoms with van der Waals surface area (Å²) in [6.45, 7) is 1.89. The zero-order valence-electron chi connectivity index (χ0n) is 13.5. The number of hydrogen-bond donors (Lipinski definition) is 1. The predicted octanol–water partition coefficient (Wildman–Crippen LogP) is 3.72. The van der Waals surface area contributed by atoms with Gasteiger partial charge in [0.15, 0.2) is 5.16 Å². The molecule has 24 heavy (non-hydrogen) atoms. The summed E-state index contributed by atoms with van der Waals surface area (Å²) in [6.07, 6.45) is 7.12. The average molecular weight is 358 g/mol. The Labute approximate surface area is 149 Å². The number of anilines is 1. The molecule has 0 saturated carbocycles. The van der Waals surface area contributed by atoms with E-state index in [0.717, 1.165) is 36.9 Å². The molecular formula is C17H18N4OS2. The van der Waals surface area contributed by atoms with Crippen molar-refractivity contribution in [2.45, 2.75) is 44.2 Å². The Bertz CT molecular complexity index is 794. The number of hydrogen-bond acceptors (Lipinski definition) is 6. The summed E-state index contributed by atoms with van der Waals surface area (Å²) in [5.74, 6) is 0.106. The van der Waals surface area contributed by atoms with Crippen molar-refractivity contribution in [3.63, 3.8) is 0 Å². The molecule has 1 aliphatic rings. The lowest BCUT2D eigenvalue weighted by atomic mass is 10.1. The zero-order chi connectivity index (χ0) is 16.9. The molecule has 7 heteroatoms. The summed E-state index contributed by atoms with van der Waals surface area (Å²) in [6, 6.07) is 4.10. The van der Waals surface area contributed by atoms with Crippen LogP contribution in [-0.2, 0) is 17.6 Å². The second kappa shape index (κ2) is 7.77. The second-order valence-electron chi connectivity index (χ2n) is 5.70. The van der Waals surface area contributed by atoms with Gasteiger partial charge in [0.25, 0.3) is 0 Å². The molecule has 0 fully saturated rings. The van der Waals surface area contributed by atoms with Gasteiger partial charge in [-0.3, -0.25) is 4.79 Å². The number of nitriles is 1. The Morgan fingerprint density at radius 1 is 1.42 bits per heavy atom. The van der Waals surface area contributed by atoms with Crippen LogP contribution in [-0.4, -0.2) is 21.6 Å². The first-order chi connectivity index (χ1) is 11.7. The van der Waals surface area contributed by atoms with Gasteiger partial charge < -0.3 is 5.32 Å². The normalized spacial score (nSPS) is 13.7. The molecule has 0 radical (unpaired) electrons. The van der Waals surface area contributed by atoms with Gasteiger partial charge in [-0.25, -0.2) is 9.97 Å². The number of aromatic nitrogens is 2. The highest BCUT2D eigenvalue weighted by Crippen LogP contribution is 2.37. The third-order valence-electron chi connectivity index (χ3n) is 3.89. The molecule has 0 unspecified atom stereocenters. The third kappa shape index (κ3) is 3.94. The molecule has 2 aromatic heterocycles. The van der Waals surface area contributed by atoms with E-state index in [0.29, 0.717) is 15.7 Å². The summed E-state index contributed by atoms with van der Waals surface area (Å²) in [4.78, 5) is 21.9. The molecule has 1 N–H and O–H groups in total. The van der Waals surface area contributed by atoms with Gasteiger partial charge in [-0.1, -0.05) is 18.2 Å². The van der Waals surface area contributed by atoms with E-state index in [4.69, 9.17) is 0 Å². The van der Waals surface area contributed by atoms with Crippen molar-refractivity contribution < 1.29 is 4.79 Å². The van der Waals surface area contributed by atoms with Crippen molar-refractivity contribution in [2.24, 2.45) is 0 Å². The van der Waals surface area contributed by atoms with Crippen molar-refractivity contribution in [3.05, 3.63) is 34.0 Å². The number of carbonyl (C=O) groups is 1. The molecule has 1 amide bonds. The quantitative estimate of drug-likeness (QED) is 0.512. The van der Waals surface area contributed by atoms with Crippen LogP contribution in [0.1, 0.15) is 41.0 Å². The van der Waals surface area contributed by atoms with E-state index in [1.165, 1.54) is 23.1 Å². The minimum absolute atomic E-state index is 0.127. The molecule has 3 rings (SSSR count). The molecule has 0 atom stereocenters. The van der Waals surface area contributed by atoms with Gasteiger partial charge in [-0.2, -0.15) is 5.26 Å². The second-order valence-corrected chi connectivity index (χ2v) is 7.75. The molecule has 5 nitrogen and oxygen atoms in total. The summed E-state index contributed by atoms with van der Waals surface area (Å²) < 4.78 is 0. The van der Waals surface area contributed by atoms with Crippen molar-refractivity contribution in [1.29, 1.82) is 5.26 Å². The lowest BCUT2D eigenvalue weighted by Gasteiger charge is -2.04. The molecule has 2 heterocycles. The van der Waals surface area contributed by atoms with E-state index in [2.05, 4.69) is 21.4 Å². The van der Waals surface area contributed by atoms with E-state index >= 15 is 0 Å². The highest BCUT2D eigenvalue weighted by molar-refractivity contribution is 7.99. The molecule has 1 aliphatic carbocycles. The molecule has 124 valence electrons. The van der Waals surface area contributed by atoms with Crippen LogP contribution in [0.15, 0.2) is 17.4 Å². The van der Waals surface area contributed by atoms with Crippen molar-refractivity contribution in [3.8, 4) is 6.07 Å². The van der Waals surface area contributed by atoms with Gasteiger partial charge in [0.05, 0.1) is 11.3 Å². The number of aryl methyl sites for hydroxylation is 2. The topological polar surface area (TPSA) is 78.7 Å². The van der Waals surface area contributed by atoms with Gasteiger partial charge in [0, 0.05) is 16.8 Å². The van der Waals surface area contributed by atoms with Crippen LogP contribution in [0, 0.1) is 18.3 Å². The first kappa shape index (κ1) is 16.9. The van der Waals surface area contributed by atoms with Crippen molar-refractivity contribution in [1.82, 2.24) is 9.97 Å². The predicted molar refractivity (Wildman–Crippen MR) is 96.4 cm³/mol. The van der Waals surface area contributed by atoms with Gasteiger partial charge in [-0.15, -0.1) is 11.3 Å². The highest BCUT2D eigenvalue weighted by Gasteiger charge is 2.21. The maximum absolute atomic E-state index is 12.2. The lowest BCUT2D eigenvalue weighted by Crippen LogP contribution is -2.14. The molecule has 2 aromatic rings. The number of nitrogens with zero attached hydrogens (tertiary/aromatic N) is 3. The monoisotopic (exact) mass is 358 g/mol. The molecule has 0 bridgehead atoms. The fraction of sp³-hybridized carbons (Fsp3) is 0.412. The van der Waals surface area contributed by atoms with Crippen LogP contribution >= 0.6 is 23.1 Å². The number of carbonyl (C=O) groups excluding carboxylic acids is 1. The Morgan fingerprint density at radius 3 is 3.04 bits per heavy atom. The van der Waals surface area contributed by atoms with Crippen LogP contribution in [0.25, 0.3) is 0 Å². The lowest BCUT2D eigenvalue weighted by molar-refractivity contribution is -0.113. The van der Waals surface area contributed by atoms with Gasteiger partial charge >= 0.3 is 0 Å². The van der Waals surface area contributed by atoms with Gasteiger partial charge in [0.2, 0.25) is 5.91 Å². The highest BCUT2D eigenvalue weighted by atomic mass is 32.2. The van der Waals surface area contributed by atoms with E-state index in [1.54, 1.807) is 17.5 Å². The summed E-state index contributed by atoms with van der Waals surface area (Å²) >= 11 is 2.86. The summed E-state index contributed by atoms with van der Waals surface area (Å²) in [5, 5.41) is 13.7. The Morgan fingerprint density at radius 2 is 2.25 bits per heavy atom. The van der Waals surface area contributed by atoms with Crippen LogP contribution < -0.4 is 5.32 Å². The Kier molecular flexibility index (Phi) is 5.48. The smallest absolute Gasteiger partial charge is 0.235 e. The Balaban J connectivity index is 1.67. The third-order valence-corrected chi connectivity index (χ3v) is 5.96. The number of thiophene rings is 1. The first-order valence-electron chi connectivity index (χ1n) is 7.94. The minimum Gasteiger partial charge on any atom is -0.316 e. The van der Waals surface area contributed by atoms with E-state index in [-0.39, 0.29) is 11.7 Å². The maximum Gasteiger partial charge on any atom is 0.235 e. The average Bonchev–Trinajstić information content (AvgIpc) is 2.73. The first-order valence-corrected chi connectivity index (χ1v) is 9.74. The number of amides is 1. The van der Waals surface area contributed by atoms with Gasteiger partial charge in [-0.05, 0) is 44.2 Å². The fourth-order valence-electron chi connectivity index (χ4n) is 2.74. The van der Waals surface area contributed by atoms with Crippen LogP contribution in [0.4, 0.5) is 5.00 Å². The Hall–Kier alpha value is -1.91. The van der Waals surface area contributed by atoms with E-state index in [1.807, 2.05) is 13.0 Å². The van der Waals surface area contributed by atoms with Crippen LogP contribution in [0.5, 0.6) is 0 Å². The molecule has 0 aliphatic heterocycles. The SMILES string of the molecule is Cc1ccnc(SCC(=O)Nc2sc3c(c2C#N)CCCCC3)n1. The van der Waals surface area contributed by atoms with Crippen molar-refractivity contribution in [2.75, 3.05) is 11.1 Å². The zero-order valence-corrected chi connectivity index (χ0v) is 15.1. The number of nitrogens with one attached hydrogen (secondary N) is 1. The minimum atomic E-state index is -0.127. The van der Waals surface area contributed by atoms with Crippen LogP contribution in [0.2, 0.25) is 0 Å². The summed E-state index contributed by atoms with van der Waals surface area (Å²) in [7, 11) is 0. The fourth-order valence-corrected chi connectivity index (χ4v) is 4.67. The number of fused-ring (bicyclic) bond motifs is 1. The molecule has 0 spiro atoms. The van der Waals surface area contributed by atoms with Crippen LogP contribution in [0.3, 0.4) is 0 Å². The van der Waals surface area contributed by atoms with Crippen molar-refractivity contribution >= 4 is 34.0 Å². The number of thioether (sulfide) groups is 1. The van der Waals surface area contributed by atoms with Gasteiger partial charge in [0.1, 0.15) is 11.1 Å². The van der Waals surface area contributed by atoms with E-state index in [9.17, 15) is 10.1 Å².